The van der Waals surface area contributed by atoms with E-state index in [2.05, 4.69) is 5.32 Å². The number of methoxy groups -OCH3 is 1. The molecule has 0 radical (unpaired) electrons. The molecule has 1 fully saturated rings. The number of carbonyl (C=O) groups is 3. The number of hydrogen-bond acceptors (Lipinski definition) is 6. The van der Waals surface area contributed by atoms with E-state index in [9.17, 15) is 14.4 Å². The predicted molar refractivity (Wildman–Crippen MR) is 153 cm³/mol. The largest absolute Gasteiger partial charge is 0.493 e. The molecule has 0 aliphatic carbocycles. The summed E-state index contributed by atoms with van der Waals surface area (Å²) in [4.78, 5) is 39.4. The van der Waals surface area contributed by atoms with Crippen LogP contribution in [0.2, 0.25) is 15.1 Å². The Kier molecular flexibility index (Phi) is 9.58. The van der Waals surface area contributed by atoms with Gasteiger partial charge in [0.05, 0.1) is 30.3 Å². The molecule has 40 heavy (non-hydrogen) atoms. The summed E-state index contributed by atoms with van der Waals surface area (Å²) in [6.07, 6.45) is 2.14. The number of ether oxygens (including phenoxy) is 3. The molecule has 8 nitrogen and oxygen atoms in total. The van der Waals surface area contributed by atoms with E-state index in [0.717, 1.165) is 16.9 Å². The Morgan fingerprint density at radius 2 is 1.62 bits per heavy atom. The zero-order valence-corrected chi connectivity index (χ0v) is 23.9. The first-order valence-electron chi connectivity index (χ1n) is 12.3. The van der Waals surface area contributed by atoms with Gasteiger partial charge in [-0.15, -0.1) is 0 Å². The smallest absolute Gasteiger partial charge is 0.331 e. The molecule has 4 amide bonds. The summed E-state index contributed by atoms with van der Waals surface area (Å²) in [5, 5.41) is 3.07. The molecule has 0 spiro atoms. The van der Waals surface area contributed by atoms with Crippen LogP contribution in [0.15, 0.2) is 60.2 Å². The minimum absolute atomic E-state index is 0.101. The maximum atomic E-state index is 13.3. The van der Waals surface area contributed by atoms with Crippen molar-refractivity contribution in [3.8, 4) is 17.2 Å². The molecule has 1 aliphatic heterocycles. The lowest BCUT2D eigenvalue weighted by Crippen LogP contribution is -2.53. The Hall–Kier alpha value is -3.72. The van der Waals surface area contributed by atoms with E-state index >= 15 is 0 Å². The molecule has 1 saturated heterocycles. The average molecular weight is 604 g/mol. The molecule has 0 saturated carbocycles. The lowest BCUT2D eigenvalue weighted by atomic mass is 10.1. The van der Waals surface area contributed by atoms with Gasteiger partial charge in [0.25, 0.3) is 11.8 Å². The fourth-order valence-corrected chi connectivity index (χ4v) is 4.70. The van der Waals surface area contributed by atoms with Crippen LogP contribution in [0, 0.1) is 0 Å². The first kappa shape index (κ1) is 29.3. The van der Waals surface area contributed by atoms with E-state index < -0.39 is 17.8 Å². The van der Waals surface area contributed by atoms with Crippen molar-refractivity contribution in [3.63, 3.8) is 0 Å². The molecule has 1 aliphatic rings. The number of nitrogens with one attached hydrogen (secondary N) is 1. The average Bonchev–Trinajstić information content (AvgIpc) is 2.93. The van der Waals surface area contributed by atoms with E-state index in [4.69, 9.17) is 49.0 Å². The van der Waals surface area contributed by atoms with Crippen LogP contribution in [0.5, 0.6) is 17.2 Å². The van der Waals surface area contributed by atoms with Crippen molar-refractivity contribution in [3.05, 3.63) is 91.9 Å². The fourth-order valence-electron chi connectivity index (χ4n) is 3.89. The summed E-state index contributed by atoms with van der Waals surface area (Å²) in [6, 6.07) is 14.5. The van der Waals surface area contributed by atoms with Gasteiger partial charge in [0.15, 0.2) is 17.2 Å². The third kappa shape index (κ3) is 6.70. The first-order chi connectivity index (χ1) is 19.2. The third-order valence-electron chi connectivity index (χ3n) is 5.88. The second kappa shape index (κ2) is 13.1. The van der Waals surface area contributed by atoms with E-state index in [1.807, 2.05) is 25.1 Å². The second-order valence-corrected chi connectivity index (χ2v) is 9.96. The topological polar surface area (TPSA) is 94.2 Å². The second-order valence-electron chi connectivity index (χ2n) is 8.74. The zero-order chi connectivity index (χ0) is 28.8. The summed E-state index contributed by atoms with van der Waals surface area (Å²) < 4.78 is 16.8. The highest BCUT2D eigenvalue weighted by molar-refractivity contribution is 6.37. The fraction of sp³-hybridized carbons (Fsp3) is 0.207. The molecule has 0 atom stereocenters. The molecule has 0 aromatic heterocycles. The standard InChI is InChI=1S/C29H25Cl3N2O6/c1-3-10-39-24-9-8-17(14-25(24)38-2)15-34-28(36)20(27(35)33-29(34)37)11-18-12-22(31)26(23(32)13-18)40-16-19-6-4-5-7-21(19)30/h4-9,11-14H,3,10,15-16H2,1-2H3,(H,33,35,37)/b20-11+. The number of halogens is 3. The molecular formula is C29H25Cl3N2O6. The molecule has 3 aromatic carbocycles. The van der Waals surface area contributed by atoms with Crippen LogP contribution < -0.4 is 19.5 Å². The molecule has 208 valence electrons. The third-order valence-corrected chi connectivity index (χ3v) is 6.81. The Bertz CT molecular complexity index is 1470. The van der Waals surface area contributed by atoms with Crippen molar-refractivity contribution in [1.29, 1.82) is 0 Å². The Morgan fingerprint density at radius 1 is 0.900 bits per heavy atom. The van der Waals surface area contributed by atoms with E-state index in [0.29, 0.717) is 34.3 Å². The summed E-state index contributed by atoms with van der Waals surface area (Å²) in [7, 11) is 1.50. The van der Waals surface area contributed by atoms with Crippen LogP contribution in [0.1, 0.15) is 30.0 Å². The highest BCUT2D eigenvalue weighted by Gasteiger charge is 2.36. The van der Waals surface area contributed by atoms with Gasteiger partial charge in [-0.3, -0.25) is 19.8 Å². The monoisotopic (exact) mass is 602 g/mol. The number of barbiturate groups is 1. The van der Waals surface area contributed by atoms with Crippen LogP contribution in [0.4, 0.5) is 4.79 Å². The highest BCUT2D eigenvalue weighted by Crippen LogP contribution is 2.36. The van der Waals surface area contributed by atoms with Crippen LogP contribution in [-0.4, -0.2) is 36.5 Å². The van der Waals surface area contributed by atoms with Gasteiger partial charge in [-0.05, 0) is 54.0 Å². The van der Waals surface area contributed by atoms with Crippen molar-refractivity contribution >= 4 is 58.7 Å². The van der Waals surface area contributed by atoms with Crippen molar-refractivity contribution in [1.82, 2.24) is 10.2 Å². The minimum Gasteiger partial charge on any atom is -0.493 e. The maximum Gasteiger partial charge on any atom is 0.331 e. The van der Waals surface area contributed by atoms with Crippen LogP contribution >= 0.6 is 34.8 Å². The lowest BCUT2D eigenvalue weighted by Gasteiger charge is -2.26. The molecule has 3 aromatic rings. The molecule has 4 rings (SSSR count). The van der Waals surface area contributed by atoms with Crippen LogP contribution in [0.25, 0.3) is 6.08 Å². The van der Waals surface area contributed by atoms with Gasteiger partial charge in [-0.1, -0.05) is 66.0 Å². The van der Waals surface area contributed by atoms with E-state index in [1.165, 1.54) is 25.3 Å². The molecule has 0 bridgehead atoms. The number of nitrogens with zero attached hydrogens (tertiary/aromatic N) is 1. The van der Waals surface area contributed by atoms with Crippen LogP contribution in [-0.2, 0) is 22.7 Å². The number of urea groups is 1. The Labute approximate surface area is 246 Å². The quantitative estimate of drug-likeness (QED) is 0.205. The van der Waals surface area contributed by atoms with Gasteiger partial charge in [0, 0.05) is 10.6 Å². The van der Waals surface area contributed by atoms with Crippen molar-refractivity contribution in [2.24, 2.45) is 0 Å². The summed E-state index contributed by atoms with van der Waals surface area (Å²) in [5.74, 6) is -0.374. The first-order valence-corrected chi connectivity index (χ1v) is 13.4. The summed E-state index contributed by atoms with van der Waals surface area (Å²) >= 11 is 19.0. The van der Waals surface area contributed by atoms with E-state index in [-0.39, 0.29) is 34.5 Å². The molecule has 0 unspecified atom stereocenters. The number of rotatable bonds is 10. The maximum absolute atomic E-state index is 13.3. The number of imide groups is 2. The lowest BCUT2D eigenvalue weighted by molar-refractivity contribution is -0.130. The normalized spacial score (nSPS) is 14.4. The number of carbonyl (C=O) groups excluding carboxylic acids is 3. The van der Waals surface area contributed by atoms with Crippen molar-refractivity contribution in [2.75, 3.05) is 13.7 Å². The van der Waals surface area contributed by atoms with Crippen LogP contribution in [0.3, 0.4) is 0 Å². The SMILES string of the molecule is CCCOc1ccc(CN2C(=O)NC(=O)/C(=C\c3cc(Cl)c(OCc4ccccc4Cl)c(Cl)c3)C2=O)cc1OC. The number of hydrogen-bond donors (Lipinski definition) is 1. The van der Waals surface area contributed by atoms with Gasteiger partial charge < -0.3 is 14.2 Å². The van der Waals surface area contributed by atoms with E-state index in [1.54, 1.807) is 24.3 Å². The van der Waals surface area contributed by atoms with Gasteiger partial charge in [0.2, 0.25) is 0 Å². The number of amides is 4. The van der Waals surface area contributed by atoms with Gasteiger partial charge >= 0.3 is 6.03 Å². The Morgan fingerprint density at radius 3 is 2.30 bits per heavy atom. The predicted octanol–water partition coefficient (Wildman–Crippen LogP) is 6.69. The molecule has 1 heterocycles. The molecule has 11 heteroatoms. The zero-order valence-electron chi connectivity index (χ0n) is 21.6. The van der Waals surface area contributed by atoms with Gasteiger partial charge in [-0.2, -0.15) is 0 Å². The highest BCUT2D eigenvalue weighted by atomic mass is 35.5. The minimum atomic E-state index is -0.836. The molecular weight excluding hydrogens is 579 g/mol. The number of benzene rings is 3. The van der Waals surface area contributed by atoms with Crippen molar-refractivity contribution in [2.45, 2.75) is 26.5 Å². The summed E-state index contributed by atoms with van der Waals surface area (Å²) in [6.45, 7) is 2.53. The molecule has 1 N–H and O–H groups in total. The van der Waals surface area contributed by atoms with Gasteiger partial charge in [-0.25, -0.2) is 4.79 Å². The van der Waals surface area contributed by atoms with Crippen molar-refractivity contribution < 1.29 is 28.6 Å². The Balaban J connectivity index is 1.55. The summed E-state index contributed by atoms with van der Waals surface area (Å²) in [5.41, 5.74) is 1.46. The van der Waals surface area contributed by atoms with Gasteiger partial charge in [0.1, 0.15) is 12.2 Å².